The Bertz CT molecular complexity index is 420. The molecule has 1 N–H and O–H groups in total. The van der Waals surface area contributed by atoms with Crippen molar-refractivity contribution in [3.05, 3.63) is 21.6 Å². The first kappa shape index (κ1) is 15.0. The summed E-state index contributed by atoms with van der Waals surface area (Å²) in [5.41, 5.74) is 0.367. The minimum atomic E-state index is -0.236. The highest BCUT2D eigenvalue weighted by atomic mass is 35.5. The molecule has 1 rings (SSSR count). The lowest BCUT2D eigenvalue weighted by Gasteiger charge is -2.09. The van der Waals surface area contributed by atoms with Crippen LogP contribution in [0.15, 0.2) is 11.0 Å². The summed E-state index contributed by atoms with van der Waals surface area (Å²) >= 11 is 6.01. The SMILES string of the molecule is CCCn1ncc(NCCCCOC)c(Cl)c1=O. The maximum absolute atomic E-state index is 11.8. The van der Waals surface area contributed by atoms with E-state index in [1.165, 1.54) is 4.68 Å². The summed E-state index contributed by atoms with van der Waals surface area (Å²) in [6.07, 6.45) is 4.40. The van der Waals surface area contributed by atoms with Crippen LogP contribution in [0.4, 0.5) is 5.69 Å². The van der Waals surface area contributed by atoms with E-state index in [0.29, 0.717) is 12.2 Å². The lowest BCUT2D eigenvalue weighted by atomic mass is 10.3. The molecule has 0 bridgehead atoms. The van der Waals surface area contributed by atoms with Crippen molar-refractivity contribution in [1.82, 2.24) is 9.78 Å². The molecule has 0 aliphatic carbocycles. The van der Waals surface area contributed by atoms with Crippen molar-refractivity contribution in [1.29, 1.82) is 0 Å². The molecule has 102 valence electrons. The molecule has 0 radical (unpaired) electrons. The molecule has 0 aliphatic rings. The van der Waals surface area contributed by atoms with Crippen molar-refractivity contribution in [3.63, 3.8) is 0 Å². The Morgan fingerprint density at radius 1 is 1.50 bits per heavy atom. The van der Waals surface area contributed by atoms with Crippen LogP contribution in [-0.2, 0) is 11.3 Å². The van der Waals surface area contributed by atoms with Crippen molar-refractivity contribution in [2.75, 3.05) is 25.6 Å². The second kappa shape index (κ2) is 8.11. The highest BCUT2D eigenvalue weighted by molar-refractivity contribution is 6.32. The van der Waals surface area contributed by atoms with Crippen molar-refractivity contribution >= 4 is 17.3 Å². The first-order chi connectivity index (χ1) is 8.70. The van der Waals surface area contributed by atoms with Gasteiger partial charge < -0.3 is 10.1 Å². The third-order valence-electron chi connectivity index (χ3n) is 2.51. The topological polar surface area (TPSA) is 56.1 Å². The van der Waals surface area contributed by atoms with E-state index in [1.54, 1.807) is 13.3 Å². The number of aryl methyl sites for hydroxylation is 1. The molecule has 1 heterocycles. The summed E-state index contributed by atoms with van der Waals surface area (Å²) in [4.78, 5) is 11.8. The smallest absolute Gasteiger partial charge is 0.287 e. The monoisotopic (exact) mass is 273 g/mol. The number of rotatable bonds is 8. The zero-order valence-electron chi connectivity index (χ0n) is 10.9. The molecule has 0 unspecified atom stereocenters. The maximum Gasteiger partial charge on any atom is 0.287 e. The van der Waals surface area contributed by atoms with Gasteiger partial charge in [-0.25, -0.2) is 4.68 Å². The van der Waals surface area contributed by atoms with E-state index in [9.17, 15) is 4.79 Å². The molecular formula is C12H20ClN3O2. The number of halogens is 1. The molecule has 18 heavy (non-hydrogen) atoms. The van der Waals surface area contributed by atoms with Crippen LogP contribution in [0, 0.1) is 0 Å². The van der Waals surface area contributed by atoms with Gasteiger partial charge in [-0.15, -0.1) is 0 Å². The van der Waals surface area contributed by atoms with Gasteiger partial charge in [-0.1, -0.05) is 18.5 Å². The molecule has 0 saturated carbocycles. The first-order valence-corrected chi connectivity index (χ1v) is 6.57. The van der Waals surface area contributed by atoms with Crippen LogP contribution in [0.2, 0.25) is 5.02 Å². The van der Waals surface area contributed by atoms with E-state index < -0.39 is 0 Å². The number of methoxy groups -OCH3 is 1. The number of hydrogen-bond acceptors (Lipinski definition) is 4. The van der Waals surface area contributed by atoms with Crippen LogP contribution in [0.25, 0.3) is 0 Å². The minimum Gasteiger partial charge on any atom is -0.385 e. The van der Waals surface area contributed by atoms with Crippen molar-refractivity contribution in [2.24, 2.45) is 0 Å². The molecule has 1 aromatic heterocycles. The largest absolute Gasteiger partial charge is 0.385 e. The summed E-state index contributed by atoms with van der Waals surface area (Å²) in [5, 5.41) is 7.41. The summed E-state index contributed by atoms with van der Waals surface area (Å²) in [7, 11) is 1.68. The van der Waals surface area contributed by atoms with Crippen LogP contribution >= 0.6 is 11.6 Å². The number of hydrogen-bond donors (Lipinski definition) is 1. The number of unbranched alkanes of at least 4 members (excludes halogenated alkanes) is 1. The Morgan fingerprint density at radius 2 is 2.28 bits per heavy atom. The van der Waals surface area contributed by atoms with E-state index >= 15 is 0 Å². The fourth-order valence-corrected chi connectivity index (χ4v) is 1.77. The lowest BCUT2D eigenvalue weighted by molar-refractivity contribution is 0.194. The van der Waals surface area contributed by atoms with Gasteiger partial charge in [-0.3, -0.25) is 4.79 Å². The van der Waals surface area contributed by atoms with E-state index in [1.807, 2.05) is 6.92 Å². The number of aromatic nitrogens is 2. The Kier molecular flexibility index (Phi) is 6.75. The second-order valence-corrected chi connectivity index (χ2v) is 4.41. The zero-order chi connectivity index (χ0) is 13.4. The molecule has 5 nitrogen and oxygen atoms in total. The van der Waals surface area contributed by atoms with Crippen molar-refractivity contribution < 1.29 is 4.74 Å². The quantitative estimate of drug-likeness (QED) is 0.738. The Labute approximate surface area is 112 Å². The third kappa shape index (κ3) is 4.31. The normalized spacial score (nSPS) is 10.6. The molecular weight excluding hydrogens is 254 g/mol. The summed E-state index contributed by atoms with van der Waals surface area (Å²) in [6, 6.07) is 0. The van der Waals surface area contributed by atoms with E-state index in [2.05, 4.69) is 10.4 Å². The molecule has 0 aliphatic heterocycles. The van der Waals surface area contributed by atoms with Crippen LogP contribution in [0.5, 0.6) is 0 Å². The Balaban J connectivity index is 2.57. The summed E-state index contributed by atoms with van der Waals surface area (Å²) in [5.74, 6) is 0. The molecule has 0 atom stereocenters. The number of ether oxygens (including phenoxy) is 1. The fraction of sp³-hybridized carbons (Fsp3) is 0.667. The van der Waals surface area contributed by atoms with Gasteiger partial charge >= 0.3 is 0 Å². The highest BCUT2D eigenvalue weighted by Gasteiger charge is 2.07. The predicted octanol–water partition coefficient (Wildman–Crippen LogP) is 2.15. The highest BCUT2D eigenvalue weighted by Crippen LogP contribution is 2.15. The second-order valence-electron chi connectivity index (χ2n) is 4.03. The van der Waals surface area contributed by atoms with Gasteiger partial charge in [0, 0.05) is 26.8 Å². The first-order valence-electron chi connectivity index (χ1n) is 6.19. The number of anilines is 1. The van der Waals surface area contributed by atoms with Gasteiger partial charge in [0.2, 0.25) is 0 Å². The van der Waals surface area contributed by atoms with Crippen LogP contribution < -0.4 is 10.9 Å². The lowest BCUT2D eigenvalue weighted by Crippen LogP contribution is -2.24. The molecule has 0 amide bonds. The summed E-state index contributed by atoms with van der Waals surface area (Å²) in [6.45, 7) is 4.07. The third-order valence-corrected chi connectivity index (χ3v) is 2.88. The van der Waals surface area contributed by atoms with Gasteiger partial charge in [-0.2, -0.15) is 5.10 Å². The van der Waals surface area contributed by atoms with Gasteiger partial charge in [0.05, 0.1) is 11.9 Å². The molecule has 6 heteroatoms. The average molecular weight is 274 g/mol. The predicted molar refractivity (Wildman–Crippen MR) is 73.4 cm³/mol. The number of nitrogens with zero attached hydrogens (tertiary/aromatic N) is 2. The van der Waals surface area contributed by atoms with Crippen LogP contribution in [0.1, 0.15) is 26.2 Å². The van der Waals surface area contributed by atoms with E-state index in [-0.39, 0.29) is 10.6 Å². The van der Waals surface area contributed by atoms with Gasteiger partial charge in [0.25, 0.3) is 5.56 Å². The van der Waals surface area contributed by atoms with E-state index in [0.717, 1.165) is 32.4 Å². The molecule has 0 spiro atoms. The standard InChI is InChI=1S/C12H20ClN3O2/c1-3-7-16-12(17)11(13)10(9-15-16)14-6-4-5-8-18-2/h9,14H,3-8H2,1-2H3. The molecule has 0 saturated heterocycles. The fourth-order valence-electron chi connectivity index (χ4n) is 1.55. The molecule has 1 aromatic rings. The van der Waals surface area contributed by atoms with Crippen molar-refractivity contribution in [2.45, 2.75) is 32.7 Å². The van der Waals surface area contributed by atoms with Gasteiger partial charge in [0.15, 0.2) is 0 Å². The Hall–Kier alpha value is -1.07. The van der Waals surface area contributed by atoms with Gasteiger partial charge in [0.1, 0.15) is 5.02 Å². The summed E-state index contributed by atoms with van der Waals surface area (Å²) < 4.78 is 6.35. The van der Waals surface area contributed by atoms with E-state index in [4.69, 9.17) is 16.3 Å². The minimum absolute atomic E-state index is 0.213. The average Bonchev–Trinajstić information content (AvgIpc) is 2.37. The Morgan fingerprint density at radius 3 is 2.94 bits per heavy atom. The van der Waals surface area contributed by atoms with Crippen molar-refractivity contribution in [3.8, 4) is 0 Å². The van der Waals surface area contributed by atoms with Crippen LogP contribution in [0.3, 0.4) is 0 Å². The van der Waals surface area contributed by atoms with Crippen LogP contribution in [-0.4, -0.2) is 30.0 Å². The maximum atomic E-state index is 11.8. The van der Waals surface area contributed by atoms with Gasteiger partial charge in [-0.05, 0) is 19.3 Å². The number of nitrogens with one attached hydrogen (secondary N) is 1. The molecule has 0 fully saturated rings. The zero-order valence-corrected chi connectivity index (χ0v) is 11.7. The molecule has 0 aromatic carbocycles.